The van der Waals surface area contributed by atoms with Crippen LogP contribution >= 0.6 is 11.3 Å². The van der Waals surface area contributed by atoms with Gasteiger partial charge in [-0.2, -0.15) is 0 Å². The van der Waals surface area contributed by atoms with Crippen molar-refractivity contribution in [1.29, 1.82) is 0 Å². The Labute approximate surface area is 177 Å². The molecule has 1 aliphatic rings. The van der Waals surface area contributed by atoms with E-state index in [1.54, 1.807) is 25.1 Å². The van der Waals surface area contributed by atoms with Crippen molar-refractivity contribution >= 4 is 50.6 Å². The van der Waals surface area contributed by atoms with E-state index in [2.05, 4.69) is 11.9 Å². The molecule has 0 aliphatic carbocycles. The molecule has 7 heteroatoms. The van der Waals surface area contributed by atoms with Gasteiger partial charge in [-0.3, -0.25) is 9.59 Å². The fourth-order valence-electron chi connectivity index (χ4n) is 3.43. The van der Waals surface area contributed by atoms with Crippen LogP contribution in [0, 0.1) is 0 Å². The minimum Gasteiger partial charge on any atom is -0.462 e. The van der Waals surface area contributed by atoms with Gasteiger partial charge in [0.1, 0.15) is 4.88 Å². The van der Waals surface area contributed by atoms with Gasteiger partial charge in [-0.05, 0) is 42.6 Å². The molecule has 4 rings (SSSR count). The summed E-state index contributed by atoms with van der Waals surface area (Å²) in [5.41, 5.74) is 2.68. The number of esters is 1. The molecule has 0 radical (unpaired) electrons. The summed E-state index contributed by atoms with van der Waals surface area (Å²) in [7, 11) is 0. The van der Waals surface area contributed by atoms with Gasteiger partial charge < -0.3 is 15.0 Å². The van der Waals surface area contributed by atoms with E-state index in [0.29, 0.717) is 28.4 Å². The lowest BCUT2D eigenvalue weighted by Gasteiger charge is -2.17. The SMILES string of the molecule is C=C1c2ccccc2C(=O)N1CCC(=O)Nc1ccc2sc(C(=O)OCC)cc2c1. The van der Waals surface area contributed by atoms with Gasteiger partial charge in [-0.25, -0.2) is 4.79 Å². The Bertz CT molecular complexity index is 1150. The zero-order valence-electron chi connectivity index (χ0n) is 16.4. The number of carbonyl (C=O) groups excluding carboxylic acids is 3. The molecule has 0 spiro atoms. The Balaban J connectivity index is 1.40. The number of anilines is 1. The van der Waals surface area contributed by atoms with Crippen LogP contribution < -0.4 is 5.32 Å². The average Bonchev–Trinajstić information content (AvgIpc) is 3.26. The van der Waals surface area contributed by atoms with Crippen molar-refractivity contribution in [2.75, 3.05) is 18.5 Å². The molecule has 0 atom stereocenters. The molecule has 0 unspecified atom stereocenters. The van der Waals surface area contributed by atoms with E-state index in [1.807, 2.05) is 30.3 Å². The first-order valence-corrected chi connectivity index (χ1v) is 10.4. The number of carbonyl (C=O) groups is 3. The molecule has 2 amide bonds. The molecule has 1 aliphatic heterocycles. The van der Waals surface area contributed by atoms with E-state index in [1.165, 1.54) is 16.2 Å². The smallest absolute Gasteiger partial charge is 0.348 e. The fraction of sp³-hybridized carbons (Fsp3) is 0.174. The van der Waals surface area contributed by atoms with Gasteiger partial charge >= 0.3 is 5.97 Å². The van der Waals surface area contributed by atoms with Crippen LogP contribution in [-0.4, -0.2) is 35.8 Å². The van der Waals surface area contributed by atoms with Crippen molar-refractivity contribution in [1.82, 2.24) is 4.90 Å². The van der Waals surface area contributed by atoms with Crippen molar-refractivity contribution in [2.45, 2.75) is 13.3 Å². The number of nitrogens with one attached hydrogen (secondary N) is 1. The summed E-state index contributed by atoms with van der Waals surface area (Å²) >= 11 is 1.35. The molecule has 6 nitrogen and oxygen atoms in total. The Hall–Kier alpha value is -3.45. The van der Waals surface area contributed by atoms with Crippen molar-refractivity contribution in [3.05, 3.63) is 71.1 Å². The highest BCUT2D eigenvalue weighted by atomic mass is 32.1. The number of benzene rings is 2. The molecule has 2 aromatic carbocycles. The van der Waals surface area contributed by atoms with Crippen LogP contribution in [0.5, 0.6) is 0 Å². The number of hydrogen-bond acceptors (Lipinski definition) is 5. The molecule has 3 aromatic rings. The van der Waals surface area contributed by atoms with Gasteiger partial charge in [0, 0.05) is 40.2 Å². The summed E-state index contributed by atoms with van der Waals surface area (Å²) in [4.78, 5) is 38.9. The van der Waals surface area contributed by atoms with Crippen molar-refractivity contribution in [2.24, 2.45) is 0 Å². The largest absolute Gasteiger partial charge is 0.462 e. The maximum absolute atomic E-state index is 12.5. The number of rotatable bonds is 6. The van der Waals surface area contributed by atoms with Crippen LogP contribution in [0.2, 0.25) is 0 Å². The lowest BCUT2D eigenvalue weighted by molar-refractivity contribution is -0.116. The molecule has 152 valence electrons. The van der Waals surface area contributed by atoms with Crippen LogP contribution in [0.15, 0.2) is 55.1 Å². The fourth-order valence-corrected chi connectivity index (χ4v) is 4.37. The molecule has 1 aromatic heterocycles. The Morgan fingerprint density at radius 1 is 1.13 bits per heavy atom. The zero-order valence-corrected chi connectivity index (χ0v) is 17.3. The standard InChI is InChI=1S/C23H20N2O4S/c1-3-29-23(28)20-13-15-12-16(8-9-19(15)30-20)24-21(26)10-11-25-14(2)17-6-4-5-7-18(17)22(25)27/h4-9,12-13H,2-3,10-11H2,1H3,(H,24,26). The molecule has 2 heterocycles. The van der Waals surface area contributed by atoms with Gasteiger partial charge in [-0.15, -0.1) is 11.3 Å². The third-order valence-corrected chi connectivity index (χ3v) is 5.97. The Morgan fingerprint density at radius 3 is 2.63 bits per heavy atom. The van der Waals surface area contributed by atoms with E-state index < -0.39 is 0 Å². The number of amides is 2. The third kappa shape index (κ3) is 3.71. The molecule has 0 saturated heterocycles. The second-order valence-electron chi connectivity index (χ2n) is 6.83. The van der Waals surface area contributed by atoms with Crippen molar-refractivity contribution in [3.63, 3.8) is 0 Å². The topological polar surface area (TPSA) is 75.7 Å². The number of thiophene rings is 1. The van der Waals surface area contributed by atoms with Gasteiger partial charge in [0.25, 0.3) is 5.91 Å². The quantitative estimate of drug-likeness (QED) is 0.595. The Morgan fingerprint density at radius 2 is 1.90 bits per heavy atom. The normalized spacial score (nSPS) is 12.9. The second-order valence-corrected chi connectivity index (χ2v) is 7.91. The lowest BCUT2D eigenvalue weighted by Crippen LogP contribution is -2.27. The highest BCUT2D eigenvalue weighted by Gasteiger charge is 2.30. The average molecular weight is 420 g/mol. The molecule has 0 saturated carbocycles. The predicted molar refractivity (Wildman–Crippen MR) is 118 cm³/mol. The summed E-state index contributed by atoms with van der Waals surface area (Å²) in [5.74, 6) is -0.679. The first-order valence-electron chi connectivity index (χ1n) is 9.58. The van der Waals surface area contributed by atoms with E-state index in [0.717, 1.165) is 15.6 Å². The van der Waals surface area contributed by atoms with Crippen LogP contribution in [0.3, 0.4) is 0 Å². The second kappa shape index (κ2) is 8.12. The van der Waals surface area contributed by atoms with E-state index in [4.69, 9.17) is 4.74 Å². The summed E-state index contributed by atoms with van der Waals surface area (Å²) in [6.07, 6.45) is 0.147. The van der Waals surface area contributed by atoms with Crippen LogP contribution in [-0.2, 0) is 9.53 Å². The molecule has 30 heavy (non-hydrogen) atoms. The minimum absolute atomic E-state index is 0.130. The predicted octanol–water partition coefficient (Wildman–Crippen LogP) is 4.53. The van der Waals surface area contributed by atoms with Crippen molar-refractivity contribution in [3.8, 4) is 0 Å². The van der Waals surface area contributed by atoms with Crippen LogP contribution in [0.4, 0.5) is 5.69 Å². The number of nitrogens with zero attached hydrogens (tertiary/aromatic N) is 1. The van der Waals surface area contributed by atoms with Gasteiger partial charge in [0.05, 0.1) is 6.61 Å². The summed E-state index contributed by atoms with van der Waals surface area (Å²) in [6.45, 7) is 6.34. The Kier molecular flexibility index (Phi) is 5.37. The number of ether oxygens (including phenoxy) is 1. The van der Waals surface area contributed by atoms with Gasteiger partial charge in [-0.1, -0.05) is 24.8 Å². The highest BCUT2D eigenvalue weighted by Crippen LogP contribution is 2.31. The van der Waals surface area contributed by atoms with Crippen molar-refractivity contribution < 1.29 is 19.1 Å². The van der Waals surface area contributed by atoms with Crippen LogP contribution in [0.25, 0.3) is 15.8 Å². The van der Waals surface area contributed by atoms with E-state index in [-0.39, 0.29) is 30.7 Å². The monoisotopic (exact) mass is 420 g/mol. The maximum atomic E-state index is 12.5. The zero-order chi connectivity index (χ0) is 21.3. The molecule has 0 fully saturated rings. The van der Waals surface area contributed by atoms with E-state index in [9.17, 15) is 14.4 Å². The van der Waals surface area contributed by atoms with E-state index >= 15 is 0 Å². The summed E-state index contributed by atoms with van der Waals surface area (Å²) < 4.78 is 5.97. The molecule has 0 bridgehead atoms. The van der Waals surface area contributed by atoms with Crippen LogP contribution in [0.1, 0.15) is 38.9 Å². The first kappa shape index (κ1) is 19.8. The lowest BCUT2D eigenvalue weighted by atomic mass is 10.1. The molecular formula is C23H20N2O4S. The third-order valence-electron chi connectivity index (χ3n) is 4.88. The highest BCUT2D eigenvalue weighted by molar-refractivity contribution is 7.20. The molecule has 1 N–H and O–H groups in total. The van der Waals surface area contributed by atoms with Gasteiger partial charge in [0.15, 0.2) is 0 Å². The first-order chi connectivity index (χ1) is 14.5. The molecular weight excluding hydrogens is 400 g/mol. The minimum atomic E-state index is -0.346. The number of hydrogen-bond donors (Lipinski definition) is 1. The summed E-state index contributed by atoms with van der Waals surface area (Å²) in [5, 5.41) is 3.71. The summed E-state index contributed by atoms with van der Waals surface area (Å²) in [6, 6.07) is 14.5. The maximum Gasteiger partial charge on any atom is 0.348 e. The van der Waals surface area contributed by atoms with Gasteiger partial charge in [0.2, 0.25) is 5.91 Å². The number of fused-ring (bicyclic) bond motifs is 2.